The lowest BCUT2D eigenvalue weighted by Crippen LogP contribution is -2.12. The number of nitrogens with one attached hydrogen (secondary N) is 2. The molecule has 192 valence electrons. The fourth-order valence-corrected chi connectivity index (χ4v) is 4.05. The molecule has 5 aromatic rings. The third-order valence-electron chi connectivity index (χ3n) is 6.00. The molecule has 8 nitrogen and oxygen atoms in total. The van der Waals surface area contributed by atoms with E-state index in [-0.39, 0.29) is 28.6 Å². The number of hydrogen-bond acceptors (Lipinski definition) is 6. The smallest absolute Gasteiger partial charge is 0.259 e. The molecule has 0 aliphatic heterocycles. The second-order valence-electron chi connectivity index (χ2n) is 8.57. The first-order chi connectivity index (χ1) is 19.0. The Morgan fingerprint density at radius 2 is 1.33 bits per heavy atom. The van der Waals surface area contributed by atoms with Gasteiger partial charge in [0.15, 0.2) is 5.75 Å². The Morgan fingerprint density at radius 1 is 0.718 bits per heavy atom. The molecule has 0 atom stereocenters. The maximum Gasteiger partial charge on any atom is 0.259 e. The molecule has 0 aliphatic rings. The van der Waals surface area contributed by atoms with Gasteiger partial charge in [-0.1, -0.05) is 60.7 Å². The minimum Gasteiger partial charge on any atom is -0.505 e. The fourth-order valence-electron chi connectivity index (χ4n) is 4.05. The van der Waals surface area contributed by atoms with Crippen LogP contribution in [0.2, 0.25) is 0 Å². The minimum absolute atomic E-state index is 0.0504. The molecule has 5 rings (SSSR count). The summed E-state index contributed by atoms with van der Waals surface area (Å²) in [5.74, 6) is -0.745. The van der Waals surface area contributed by atoms with Gasteiger partial charge in [-0.05, 0) is 53.9 Å². The van der Waals surface area contributed by atoms with Crippen LogP contribution >= 0.6 is 0 Å². The van der Waals surface area contributed by atoms with E-state index in [1.807, 2.05) is 36.4 Å². The molecule has 0 saturated heterocycles. The number of carbonyl (C=O) groups is 2. The zero-order valence-corrected chi connectivity index (χ0v) is 21.0. The first-order valence-electron chi connectivity index (χ1n) is 12.1. The summed E-state index contributed by atoms with van der Waals surface area (Å²) in [5.41, 5.74) is 2.04. The van der Waals surface area contributed by atoms with Crippen molar-refractivity contribution in [1.82, 2.24) is 0 Å². The average Bonchev–Trinajstić information content (AvgIpc) is 2.97. The second-order valence-corrected chi connectivity index (χ2v) is 8.57. The number of azo groups is 1. The Labute approximate surface area is 224 Å². The highest BCUT2D eigenvalue weighted by atomic mass is 16.5. The van der Waals surface area contributed by atoms with Gasteiger partial charge in [-0.25, -0.2) is 0 Å². The van der Waals surface area contributed by atoms with Gasteiger partial charge in [0.2, 0.25) is 0 Å². The molecule has 0 bridgehead atoms. The molecule has 2 amide bonds. The van der Waals surface area contributed by atoms with E-state index in [2.05, 4.69) is 20.9 Å². The number of benzene rings is 5. The van der Waals surface area contributed by atoms with Gasteiger partial charge in [-0.3, -0.25) is 9.59 Å². The summed E-state index contributed by atoms with van der Waals surface area (Å²) in [4.78, 5) is 25.9. The van der Waals surface area contributed by atoms with E-state index in [1.54, 1.807) is 72.8 Å². The molecule has 0 fully saturated rings. The molecule has 0 spiro atoms. The number of fused-ring (bicyclic) bond motifs is 1. The Hall–Kier alpha value is -5.50. The molecule has 8 heteroatoms. The van der Waals surface area contributed by atoms with E-state index in [0.717, 1.165) is 0 Å². The zero-order valence-electron chi connectivity index (χ0n) is 21.0. The fraction of sp³-hybridized carbons (Fsp3) is 0.0323. The van der Waals surface area contributed by atoms with Crippen molar-refractivity contribution in [3.8, 4) is 11.5 Å². The van der Waals surface area contributed by atoms with Crippen molar-refractivity contribution in [3.05, 3.63) is 120 Å². The third-order valence-corrected chi connectivity index (χ3v) is 6.00. The normalized spacial score (nSPS) is 10.9. The van der Waals surface area contributed by atoms with Crippen LogP contribution in [0.25, 0.3) is 10.8 Å². The number of ether oxygens (including phenoxy) is 1. The summed E-state index contributed by atoms with van der Waals surface area (Å²) in [6, 6.07) is 31.7. The van der Waals surface area contributed by atoms with Crippen LogP contribution in [0.1, 0.15) is 20.7 Å². The molecular formula is C31H24N4O4. The standard InChI is InChI=1S/C31H24N4O4/c1-39-27-17-16-21(30(37)32-22-11-4-2-5-12-22)19-26(27)34-35-28-24-15-9-8-10-20(24)18-25(29(28)36)31(38)33-23-13-6-3-7-14-23/h2-19,36H,1H3,(H,32,37)(H,33,38)/b35-34+. The lowest BCUT2D eigenvalue weighted by Gasteiger charge is -2.11. The lowest BCUT2D eigenvalue weighted by atomic mass is 10.0. The van der Waals surface area contributed by atoms with Gasteiger partial charge in [-0.15, -0.1) is 10.2 Å². The number of nitrogens with zero attached hydrogens (tertiary/aromatic N) is 2. The average molecular weight is 517 g/mol. The molecule has 5 aromatic carbocycles. The molecule has 0 aromatic heterocycles. The number of amides is 2. The van der Waals surface area contributed by atoms with Crippen LogP contribution in [-0.4, -0.2) is 24.0 Å². The predicted octanol–water partition coefficient (Wildman–Crippen LogP) is 7.47. The predicted molar refractivity (Wildman–Crippen MR) is 152 cm³/mol. The molecule has 0 aliphatic carbocycles. The van der Waals surface area contributed by atoms with Gasteiger partial charge >= 0.3 is 0 Å². The molecule has 0 radical (unpaired) electrons. The number of phenols is 1. The van der Waals surface area contributed by atoms with Crippen LogP contribution in [0.4, 0.5) is 22.7 Å². The summed E-state index contributed by atoms with van der Waals surface area (Å²) in [7, 11) is 1.49. The second kappa shape index (κ2) is 11.3. The van der Waals surface area contributed by atoms with E-state index in [9.17, 15) is 14.7 Å². The van der Waals surface area contributed by atoms with Crippen LogP contribution in [0.15, 0.2) is 119 Å². The maximum absolute atomic E-state index is 13.1. The third kappa shape index (κ3) is 5.60. The quantitative estimate of drug-likeness (QED) is 0.195. The summed E-state index contributed by atoms with van der Waals surface area (Å²) in [5, 5.41) is 26.7. The van der Waals surface area contributed by atoms with E-state index in [0.29, 0.717) is 33.5 Å². The Kier molecular flexibility index (Phi) is 7.27. The van der Waals surface area contributed by atoms with Gasteiger partial charge in [0.05, 0.1) is 12.7 Å². The number of hydrogen-bond donors (Lipinski definition) is 3. The minimum atomic E-state index is -0.488. The monoisotopic (exact) mass is 516 g/mol. The van der Waals surface area contributed by atoms with Crippen molar-refractivity contribution in [1.29, 1.82) is 0 Å². The van der Waals surface area contributed by atoms with E-state index >= 15 is 0 Å². The van der Waals surface area contributed by atoms with Crippen molar-refractivity contribution in [2.75, 3.05) is 17.7 Å². The largest absolute Gasteiger partial charge is 0.505 e. The highest BCUT2D eigenvalue weighted by Crippen LogP contribution is 2.40. The zero-order chi connectivity index (χ0) is 27.2. The lowest BCUT2D eigenvalue weighted by molar-refractivity contribution is 0.101. The Morgan fingerprint density at radius 3 is 2.00 bits per heavy atom. The number of carbonyl (C=O) groups excluding carboxylic acids is 2. The SMILES string of the molecule is COc1ccc(C(=O)Nc2ccccc2)cc1/N=N/c1c(O)c(C(=O)Nc2ccccc2)cc2ccccc12. The summed E-state index contributed by atoms with van der Waals surface area (Å²) in [6.07, 6.45) is 0. The van der Waals surface area contributed by atoms with Crippen LogP contribution in [0, 0.1) is 0 Å². The molecule has 0 heterocycles. The van der Waals surface area contributed by atoms with Crippen molar-refractivity contribution in [3.63, 3.8) is 0 Å². The van der Waals surface area contributed by atoms with Crippen LogP contribution in [0.3, 0.4) is 0 Å². The van der Waals surface area contributed by atoms with E-state index in [4.69, 9.17) is 4.74 Å². The van der Waals surface area contributed by atoms with E-state index in [1.165, 1.54) is 7.11 Å². The maximum atomic E-state index is 13.1. The van der Waals surface area contributed by atoms with Crippen LogP contribution in [-0.2, 0) is 0 Å². The van der Waals surface area contributed by atoms with Crippen molar-refractivity contribution >= 4 is 45.3 Å². The van der Waals surface area contributed by atoms with E-state index < -0.39 is 5.91 Å². The molecule has 39 heavy (non-hydrogen) atoms. The number of anilines is 2. The highest BCUT2D eigenvalue weighted by molar-refractivity contribution is 6.11. The topological polar surface area (TPSA) is 112 Å². The van der Waals surface area contributed by atoms with Gasteiger partial charge in [-0.2, -0.15) is 0 Å². The van der Waals surface area contributed by atoms with Gasteiger partial charge < -0.3 is 20.5 Å². The first-order valence-corrected chi connectivity index (χ1v) is 12.1. The molecule has 0 unspecified atom stereocenters. The van der Waals surface area contributed by atoms with Crippen LogP contribution < -0.4 is 15.4 Å². The van der Waals surface area contributed by atoms with Crippen molar-refractivity contribution in [2.24, 2.45) is 10.2 Å². The highest BCUT2D eigenvalue weighted by Gasteiger charge is 2.19. The summed E-state index contributed by atoms with van der Waals surface area (Å²) < 4.78 is 5.42. The number of rotatable bonds is 7. The van der Waals surface area contributed by atoms with Gasteiger partial charge in [0, 0.05) is 22.3 Å². The summed E-state index contributed by atoms with van der Waals surface area (Å²) >= 11 is 0. The van der Waals surface area contributed by atoms with Gasteiger partial charge in [0.1, 0.15) is 17.1 Å². The van der Waals surface area contributed by atoms with Gasteiger partial charge in [0.25, 0.3) is 11.8 Å². The molecule has 0 saturated carbocycles. The number of aromatic hydroxyl groups is 1. The molecule has 3 N–H and O–H groups in total. The number of para-hydroxylation sites is 2. The number of methoxy groups -OCH3 is 1. The van der Waals surface area contributed by atoms with Crippen LogP contribution in [0.5, 0.6) is 11.5 Å². The Balaban J connectivity index is 1.51. The Bertz CT molecular complexity index is 1690. The molecular weight excluding hydrogens is 492 g/mol. The summed E-state index contributed by atoms with van der Waals surface area (Å²) in [6.45, 7) is 0. The number of phenolic OH excluding ortho intramolecular Hbond substituents is 1. The first kappa shape index (κ1) is 25.2. The van der Waals surface area contributed by atoms with Crippen molar-refractivity contribution in [2.45, 2.75) is 0 Å². The van der Waals surface area contributed by atoms with Crippen molar-refractivity contribution < 1.29 is 19.4 Å².